The van der Waals surface area contributed by atoms with Crippen molar-refractivity contribution in [2.75, 3.05) is 13.1 Å². The van der Waals surface area contributed by atoms with Gasteiger partial charge >= 0.3 is 0 Å². The van der Waals surface area contributed by atoms with Gasteiger partial charge in [0, 0.05) is 30.4 Å². The molecule has 1 spiro atoms. The van der Waals surface area contributed by atoms with Crippen molar-refractivity contribution >= 4 is 5.91 Å². The molecule has 1 aromatic heterocycles. The van der Waals surface area contributed by atoms with E-state index in [0.717, 1.165) is 19.5 Å². The number of likely N-dealkylation sites (tertiary alicyclic amines) is 1. The van der Waals surface area contributed by atoms with E-state index in [2.05, 4.69) is 16.8 Å². The molecule has 0 unspecified atom stereocenters. The van der Waals surface area contributed by atoms with Gasteiger partial charge in [-0.2, -0.15) is 0 Å². The minimum absolute atomic E-state index is 0.00316. The second kappa shape index (κ2) is 5.76. The summed E-state index contributed by atoms with van der Waals surface area (Å²) in [6.45, 7) is 1.70. The smallest absolute Gasteiger partial charge is 0.272 e. The Bertz CT molecular complexity index is 844. The average Bonchev–Trinajstić information content (AvgIpc) is 3.22. The number of aromatic nitrogens is 1. The lowest BCUT2D eigenvalue weighted by Crippen LogP contribution is -2.29. The lowest BCUT2D eigenvalue weighted by atomic mass is 10.1. The van der Waals surface area contributed by atoms with E-state index in [0.29, 0.717) is 22.2 Å². The maximum Gasteiger partial charge on any atom is 0.272 e. The summed E-state index contributed by atoms with van der Waals surface area (Å²) >= 11 is 0. The third-order valence-electron chi connectivity index (χ3n) is 4.84. The minimum Gasteiger partial charge on any atom is -0.337 e. The number of carbonyl (C=O) groups excluding carboxylic acids is 1. The Hall–Kier alpha value is -2.67. The molecule has 1 aromatic carbocycles. The lowest BCUT2D eigenvalue weighted by Gasteiger charge is -2.15. The van der Waals surface area contributed by atoms with E-state index in [1.54, 1.807) is 30.5 Å². The first-order valence-electron chi connectivity index (χ1n) is 8.17. The van der Waals surface area contributed by atoms with Crippen molar-refractivity contribution in [3.8, 4) is 11.8 Å². The average molecular weight is 320 g/mol. The van der Waals surface area contributed by atoms with Crippen molar-refractivity contribution < 1.29 is 9.18 Å². The van der Waals surface area contributed by atoms with Gasteiger partial charge < -0.3 is 4.90 Å². The molecule has 120 valence electrons. The zero-order valence-electron chi connectivity index (χ0n) is 13.3. The summed E-state index contributed by atoms with van der Waals surface area (Å²) in [5.74, 6) is 5.54. The minimum atomic E-state index is -0.306. The highest BCUT2D eigenvalue weighted by molar-refractivity contribution is 5.92. The molecule has 4 rings (SSSR count). The third-order valence-corrected chi connectivity index (χ3v) is 4.84. The largest absolute Gasteiger partial charge is 0.337 e. The number of amides is 1. The molecular formula is C20H17FN2O. The van der Waals surface area contributed by atoms with E-state index < -0.39 is 0 Å². The molecular weight excluding hydrogens is 303 g/mol. The summed E-state index contributed by atoms with van der Waals surface area (Å²) in [6, 6.07) is 9.66. The van der Waals surface area contributed by atoms with Gasteiger partial charge in [0.25, 0.3) is 5.91 Å². The predicted molar refractivity (Wildman–Crippen MR) is 88.8 cm³/mol. The van der Waals surface area contributed by atoms with Crippen LogP contribution in [0.3, 0.4) is 0 Å². The number of rotatable bonds is 1. The van der Waals surface area contributed by atoms with Gasteiger partial charge in [0.15, 0.2) is 0 Å². The third kappa shape index (κ3) is 3.03. The first kappa shape index (κ1) is 14.9. The van der Waals surface area contributed by atoms with Crippen molar-refractivity contribution in [1.29, 1.82) is 0 Å². The van der Waals surface area contributed by atoms with Crippen LogP contribution < -0.4 is 0 Å². The van der Waals surface area contributed by atoms with Gasteiger partial charge in [-0.1, -0.05) is 17.9 Å². The van der Waals surface area contributed by atoms with E-state index in [1.807, 2.05) is 4.90 Å². The number of hydrogen-bond donors (Lipinski definition) is 0. The van der Waals surface area contributed by atoms with E-state index in [4.69, 9.17) is 0 Å². The van der Waals surface area contributed by atoms with Crippen LogP contribution in [-0.4, -0.2) is 28.9 Å². The van der Waals surface area contributed by atoms with E-state index in [-0.39, 0.29) is 11.7 Å². The van der Waals surface area contributed by atoms with Crippen LogP contribution in [-0.2, 0) is 0 Å². The highest BCUT2D eigenvalue weighted by Gasteiger charge is 2.48. The predicted octanol–water partition coefficient (Wildman–Crippen LogP) is 3.25. The monoisotopic (exact) mass is 320 g/mol. The van der Waals surface area contributed by atoms with Crippen molar-refractivity contribution in [2.24, 2.45) is 5.41 Å². The molecule has 0 N–H and O–H groups in total. The van der Waals surface area contributed by atoms with Crippen LogP contribution in [0.2, 0.25) is 0 Å². The standard InChI is InChI=1S/C20H17FN2O/c21-17-3-1-2-15(12-17)4-5-16-6-7-18(22-13-16)19(24)23-11-10-20(14-23)8-9-20/h1-3,6-7,12-13H,8-11,14H2. The Morgan fingerprint density at radius 2 is 1.96 bits per heavy atom. The number of hydrogen-bond acceptors (Lipinski definition) is 2. The van der Waals surface area contributed by atoms with Gasteiger partial charge in [0.1, 0.15) is 11.5 Å². The van der Waals surface area contributed by atoms with Gasteiger partial charge in [-0.3, -0.25) is 4.79 Å². The Balaban J connectivity index is 1.46. The van der Waals surface area contributed by atoms with Gasteiger partial charge in [-0.25, -0.2) is 9.37 Å². The summed E-state index contributed by atoms with van der Waals surface area (Å²) in [5.41, 5.74) is 2.20. The van der Waals surface area contributed by atoms with Crippen LogP contribution in [0.25, 0.3) is 0 Å². The fraction of sp³-hybridized carbons (Fsp3) is 0.300. The highest BCUT2D eigenvalue weighted by Crippen LogP contribution is 2.52. The fourth-order valence-electron chi connectivity index (χ4n) is 3.16. The second-order valence-electron chi connectivity index (χ2n) is 6.67. The Kier molecular flexibility index (Phi) is 3.57. The molecule has 24 heavy (non-hydrogen) atoms. The van der Waals surface area contributed by atoms with E-state index in [1.165, 1.54) is 25.0 Å². The first-order valence-corrected chi connectivity index (χ1v) is 8.17. The van der Waals surface area contributed by atoms with Crippen LogP contribution in [0, 0.1) is 23.1 Å². The maximum atomic E-state index is 13.1. The topological polar surface area (TPSA) is 33.2 Å². The number of nitrogens with zero attached hydrogens (tertiary/aromatic N) is 2. The zero-order chi connectivity index (χ0) is 16.6. The number of carbonyl (C=O) groups is 1. The van der Waals surface area contributed by atoms with Gasteiger partial charge in [0.2, 0.25) is 0 Å². The molecule has 0 bridgehead atoms. The molecule has 1 aliphatic carbocycles. The van der Waals surface area contributed by atoms with Crippen molar-refractivity contribution in [2.45, 2.75) is 19.3 Å². The SMILES string of the molecule is O=C(c1ccc(C#Cc2cccc(F)c2)cn1)N1CCC2(CC2)C1. The molecule has 0 atom stereocenters. The summed E-state index contributed by atoms with van der Waals surface area (Å²) in [6.07, 6.45) is 5.22. The summed E-state index contributed by atoms with van der Waals surface area (Å²) < 4.78 is 13.1. The van der Waals surface area contributed by atoms with Gasteiger partial charge in [0.05, 0.1) is 0 Å². The summed E-state index contributed by atoms with van der Waals surface area (Å²) in [5, 5.41) is 0. The molecule has 1 amide bonds. The molecule has 3 nitrogen and oxygen atoms in total. The maximum absolute atomic E-state index is 13.1. The van der Waals surface area contributed by atoms with Gasteiger partial charge in [-0.15, -0.1) is 0 Å². The van der Waals surface area contributed by atoms with Crippen LogP contribution in [0.15, 0.2) is 42.6 Å². The van der Waals surface area contributed by atoms with Gasteiger partial charge in [-0.05, 0) is 55.0 Å². The van der Waals surface area contributed by atoms with Crippen molar-refractivity contribution in [3.63, 3.8) is 0 Å². The molecule has 4 heteroatoms. The molecule has 1 saturated carbocycles. The summed E-state index contributed by atoms with van der Waals surface area (Å²) in [4.78, 5) is 18.6. The number of benzene rings is 1. The molecule has 2 aliphatic rings. The molecule has 1 saturated heterocycles. The van der Waals surface area contributed by atoms with Crippen molar-refractivity contribution in [3.05, 3.63) is 65.2 Å². The van der Waals surface area contributed by atoms with Crippen LogP contribution in [0.4, 0.5) is 4.39 Å². The number of pyridine rings is 1. The Morgan fingerprint density at radius 1 is 1.12 bits per heavy atom. The Morgan fingerprint density at radius 3 is 2.62 bits per heavy atom. The van der Waals surface area contributed by atoms with E-state index in [9.17, 15) is 9.18 Å². The molecule has 1 aliphatic heterocycles. The molecule has 2 fully saturated rings. The van der Waals surface area contributed by atoms with Crippen molar-refractivity contribution in [1.82, 2.24) is 9.88 Å². The number of halogens is 1. The Labute approximate surface area is 140 Å². The second-order valence-corrected chi connectivity index (χ2v) is 6.67. The molecule has 2 aromatic rings. The highest BCUT2D eigenvalue weighted by atomic mass is 19.1. The van der Waals surface area contributed by atoms with Crippen LogP contribution in [0.5, 0.6) is 0 Å². The first-order chi connectivity index (χ1) is 11.6. The molecule has 0 radical (unpaired) electrons. The van der Waals surface area contributed by atoms with Crippen LogP contribution in [0.1, 0.15) is 40.9 Å². The zero-order valence-corrected chi connectivity index (χ0v) is 13.3. The summed E-state index contributed by atoms with van der Waals surface area (Å²) in [7, 11) is 0. The van der Waals surface area contributed by atoms with Crippen LogP contribution >= 0.6 is 0 Å². The lowest BCUT2D eigenvalue weighted by molar-refractivity contribution is 0.0779. The fourth-order valence-corrected chi connectivity index (χ4v) is 3.16. The van der Waals surface area contributed by atoms with E-state index >= 15 is 0 Å². The quantitative estimate of drug-likeness (QED) is 0.756. The normalized spacial score (nSPS) is 17.5. The molecule has 2 heterocycles.